The van der Waals surface area contributed by atoms with E-state index >= 15 is 0 Å². The molecule has 0 amide bonds. The van der Waals surface area contributed by atoms with E-state index in [1.54, 1.807) is 6.92 Å². The van der Waals surface area contributed by atoms with Crippen LogP contribution in [0.5, 0.6) is 0 Å². The van der Waals surface area contributed by atoms with Crippen molar-refractivity contribution < 1.29 is 9.53 Å². The van der Waals surface area contributed by atoms with Gasteiger partial charge in [0, 0.05) is 22.9 Å². The molecular weight excluding hydrogens is 464 g/mol. The fraction of sp³-hybridized carbons (Fsp3) is 0.192. The maximum Gasteiger partial charge on any atom is 0.341 e. The molecule has 34 heavy (non-hydrogen) atoms. The Hall–Kier alpha value is -3.54. The van der Waals surface area contributed by atoms with E-state index in [0.717, 1.165) is 22.4 Å². The summed E-state index contributed by atoms with van der Waals surface area (Å²) >= 11 is 2.82. The molecule has 0 fully saturated rings. The average Bonchev–Trinajstić information content (AvgIpc) is 3.34. The van der Waals surface area contributed by atoms with E-state index in [-0.39, 0.29) is 12.2 Å². The van der Waals surface area contributed by atoms with E-state index in [2.05, 4.69) is 16.0 Å². The van der Waals surface area contributed by atoms with Crippen LogP contribution in [-0.2, 0) is 10.5 Å². The first kappa shape index (κ1) is 23.6. The van der Waals surface area contributed by atoms with Gasteiger partial charge in [-0.25, -0.2) is 19.7 Å². The topological polar surface area (TPSA) is 88.8 Å². The van der Waals surface area contributed by atoms with Gasteiger partial charge in [0.25, 0.3) is 0 Å². The van der Waals surface area contributed by atoms with Crippen LogP contribution in [-0.4, -0.2) is 27.5 Å². The van der Waals surface area contributed by atoms with Crippen LogP contribution < -0.4 is 0 Å². The maximum atomic E-state index is 12.6. The zero-order valence-corrected chi connectivity index (χ0v) is 20.4. The SMILES string of the molecule is CCOC(=O)c1cnc(SCc2ccccc2)nc1[C@@H](C#N)c1nc(-c2ccc(C)cc2)cs1. The number of thioether (sulfide) groups is 1. The standard InChI is InChI=1S/C26H22N4O2S2/c1-3-32-25(31)21-14-28-26(34-15-18-7-5-4-6-8-18)30-23(21)20(13-27)24-29-22(16-33-24)19-11-9-17(2)10-12-19/h4-12,14,16,20H,3,15H2,1-2H3/t20-/m1/s1. The largest absolute Gasteiger partial charge is 0.462 e. The molecular formula is C26H22N4O2S2. The number of benzene rings is 2. The minimum atomic E-state index is -0.817. The lowest BCUT2D eigenvalue weighted by atomic mass is 10.0. The quantitative estimate of drug-likeness (QED) is 0.171. The molecule has 0 bridgehead atoms. The highest BCUT2D eigenvalue weighted by Gasteiger charge is 2.27. The fourth-order valence-corrected chi connectivity index (χ4v) is 4.92. The van der Waals surface area contributed by atoms with Crippen LogP contribution in [0.4, 0.5) is 0 Å². The molecule has 4 aromatic rings. The Bertz CT molecular complexity index is 1310. The number of ether oxygens (including phenoxy) is 1. The lowest BCUT2D eigenvalue weighted by Gasteiger charge is -2.12. The minimum Gasteiger partial charge on any atom is -0.462 e. The zero-order valence-electron chi connectivity index (χ0n) is 18.8. The van der Waals surface area contributed by atoms with E-state index in [0.29, 0.717) is 21.6 Å². The van der Waals surface area contributed by atoms with E-state index in [1.165, 1.54) is 29.3 Å². The van der Waals surface area contributed by atoms with Gasteiger partial charge in [-0.1, -0.05) is 71.9 Å². The molecule has 170 valence electrons. The fourth-order valence-electron chi connectivity index (χ4n) is 3.27. The van der Waals surface area contributed by atoms with E-state index in [1.807, 2.05) is 66.9 Å². The summed E-state index contributed by atoms with van der Waals surface area (Å²) in [5.74, 6) is -0.694. The highest BCUT2D eigenvalue weighted by molar-refractivity contribution is 7.98. The van der Waals surface area contributed by atoms with Gasteiger partial charge in [0.05, 0.1) is 24.1 Å². The Kier molecular flexibility index (Phi) is 7.68. The first-order valence-electron chi connectivity index (χ1n) is 10.7. The molecule has 0 radical (unpaired) electrons. The summed E-state index contributed by atoms with van der Waals surface area (Å²) in [6, 6.07) is 20.3. The Labute approximate surface area is 206 Å². The van der Waals surface area contributed by atoms with Gasteiger partial charge in [0.2, 0.25) is 0 Å². The van der Waals surface area contributed by atoms with E-state index in [9.17, 15) is 10.1 Å². The summed E-state index contributed by atoms with van der Waals surface area (Å²) < 4.78 is 5.20. The lowest BCUT2D eigenvalue weighted by Crippen LogP contribution is -2.14. The van der Waals surface area contributed by atoms with Gasteiger partial charge in [-0.3, -0.25) is 0 Å². The predicted molar refractivity (Wildman–Crippen MR) is 134 cm³/mol. The molecule has 4 rings (SSSR count). The van der Waals surface area contributed by atoms with Crippen molar-refractivity contribution in [3.05, 3.63) is 93.6 Å². The summed E-state index contributed by atoms with van der Waals surface area (Å²) in [6.45, 7) is 3.98. The molecule has 6 nitrogen and oxygen atoms in total. The third-order valence-electron chi connectivity index (χ3n) is 5.02. The lowest BCUT2D eigenvalue weighted by molar-refractivity contribution is 0.0523. The van der Waals surface area contributed by atoms with Gasteiger partial charge in [-0.2, -0.15) is 5.26 Å². The van der Waals surface area contributed by atoms with Gasteiger partial charge in [-0.15, -0.1) is 11.3 Å². The van der Waals surface area contributed by atoms with Crippen LogP contribution in [0.1, 0.15) is 45.0 Å². The molecule has 0 spiro atoms. The van der Waals surface area contributed by atoms with Gasteiger partial charge >= 0.3 is 5.97 Å². The molecule has 2 heterocycles. The Balaban J connectivity index is 1.68. The van der Waals surface area contributed by atoms with E-state index < -0.39 is 11.9 Å². The summed E-state index contributed by atoms with van der Waals surface area (Å²) in [5, 5.41) is 13.1. The van der Waals surface area contributed by atoms with Crippen LogP contribution in [0.15, 0.2) is 71.3 Å². The number of esters is 1. The molecule has 0 aliphatic rings. The molecule has 0 aliphatic carbocycles. The number of nitrogens with zero attached hydrogens (tertiary/aromatic N) is 4. The van der Waals surface area contributed by atoms with Crippen LogP contribution >= 0.6 is 23.1 Å². The summed E-state index contributed by atoms with van der Waals surface area (Å²) in [7, 11) is 0. The number of carbonyl (C=O) groups excluding carboxylic acids is 1. The minimum absolute atomic E-state index is 0.185. The Morgan fingerprint density at radius 2 is 1.91 bits per heavy atom. The number of hydrogen-bond donors (Lipinski definition) is 0. The van der Waals surface area contributed by atoms with Crippen LogP contribution in [0, 0.1) is 18.3 Å². The van der Waals surface area contributed by atoms with Crippen molar-refractivity contribution >= 4 is 29.1 Å². The highest BCUT2D eigenvalue weighted by atomic mass is 32.2. The summed E-state index contributed by atoms with van der Waals surface area (Å²) in [6.07, 6.45) is 1.45. The molecule has 8 heteroatoms. The van der Waals surface area contributed by atoms with Crippen molar-refractivity contribution in [2.75, 3.05) is 6.61 Å². The monoisotopic (exact) mass is 486 g/mol. The van der Waals surface area contributed by atoms with Crippen molar-refractivity contribution in [3.8, 4) is 17.3 Å². The summed E-state index contributed by atoms with van der Waals surface area (Å²) in [5.41, 5.74) is 4.55. The third kappa shape index (κ3) is 5.50. The normalized spacial score (nSPS) is 11.6. The molecule has 0 saturated heterocycles. The van der Waals surface area contributed by atoms with Crippen molar-refractivity contribution in [1.82, 2.24) is 15.0 Å². The zero-order chi connectivity index (χ0) is 23.9. The van der Waals surface area contributed by atoms with Crippen molar-refractivity contribution in [2.45, 2.75) is 30.7 Å². The highest BCUT2D eigenvalue weighted by Crippen LogP contribution is 2.32. The van der Waals surface area contributed by atoms with Crippen molar-refractivity contribution in [1.29, 1.82) is 5.26 Å². The van der Waals surface area contributed by atoms with Crippen LogP contribution in [0.2, 0.25) is 0 Å². The molecule has 0 saturated carbocycles. The number of hydrogen-bond acceptors (Lipinski definition) is 8. The Morgan fingerprint density at radius 3 is 2.62 bits per heavy atom. The number of aromatic nitrogens is 3. The molecule has 0 unspecified atom stereocenters. The number of rotatable bonds is 8. The predicted octanol–water partition coefficient (Wildman–Crippen LogP) is 6.03. The van der Waals surface area contributed by atoms with Gasteiger partial charge < -0.3 is 4.74 Å². The van der Waals surface area contributed by atoms with Crippen molar-refractivity contribution in [3.63, 3.8) is 0 Å². The van der Waals surface area contributed by atoms with Gasteiger partial charge in [-0.05, 0) is 19.4 Å². The third-order valence-corrected chi connectivity index (χ3v) is 6.86. The second-order valence-electron chi connectivity index (χ2n) is 7.45. The number of carbonyl (C=O) groups is 1. The molecule has 0 aliphatic heterocycles. The van der Waals surface area contributed by atoms with Crippen LogP contribution in [0.3, 0.4) is 0 Å². The number of thiazole rings is 1. The summed E-state index contributed by atoms with van der Waals surface area (Å²) in [4.78, 5) is 26.3. The second-order valence-corrected chi connectivity index (χ2v) is 9.28. The molecule has 1 atom stereocenters. The average molecular weight is 487 g/mol. The maximum absolute atomic E-state index is 12.6. The first-order chi connectivity index (χ1) is 16.6. The second kappa shape index (κ2) is 11.1. The van der Waals surface area contributed by atoms with Crippen molar-refractivity contribution in [2.24, 2.45) is 0 Å². The van der Waals surface area contributed by atoms with Gasteiger partial charge in [0.1, 0.15) is 16.5 Å². The molecule has 2 aromatic heterocycles. The molecule has 2 aromatic carbocycles. The molecule has 0 N–H and O–H groups in total. The number of nitriles is 1. The van der Waals surface area contributed by atoms with Crippen LogP contribution in [0.25, 0.3) is 11.3 Å². The number of aryl methyl sites for hydroxylation is 1. The Morgan fingerprint density at radius 1 is 1.15 bits per heavy atom. The smallest absolute Gasteiger partial charge is 0.341 e. The van der Waals surface area contributed by atoms with Gasteiger partial charge in [0.15, 0.2) is 5.16 Å². The van der Waals surface area contributed by atoms with E-state index in [4.69, 9.17) is 9.72 Å². The first-order valence-corrected chi connectivity index (χ1v) is 12.6.